The molecule has 1 saturated carbocycles. The highest BCUT2D eigenvalue weighted by molar-refractivity contribution is 5.69. The second kappa shape index (κ2) is 7.00. The minimum Gasteiger partial charge on any atom is -0.481 e. The highest BCUT2D eigenvalue weighted by atomic mass is 16.4. The van der Waals surface area contributed by atoms with Crippen LogP contribution < -0.4 is 0 Å². The molecule has 100 valence electrons. The number of hydrogen-bond donors (Lipinski definition) is 1. The first kappa shape index (κ1) is 14.5. The molecule has 0 aliphatic heterocycles. The Labute approximate surface area is 105 Å². The fraction of sp³-hybridized carbons (Fsp3) is 0.929. The van der Waals surface area contributed by atoms with Crippen molar-refractivity contribution in [1.82, 2.24) is 4.90 Å². The van der Waals surface area contributed by atoms with Crippen molar-refractivity contribution in [2.45, 2.75) is 58.9 Å². The second-order valence-corrected chi connectivity index (χ2v) is 5.41. The molecule has 1 atom stereocenters. The number of carboxylic acid groups (broad SMARTS) is 1. The molecule has 0 aromatic heterocycles. The van der Waals surface area contributed by atoms with E-state index in [0.29, 0.717) is 12.6 Å². The predicted octanol–water partition coefficient (Wildman–Crippen LogP) is 3.00. The zero-order valence-electron chi connectivity index (χ0n) is 11.5. The number of hydrogen-bond acceptors (Lipinski definition) is 2. The molecule has 1 aliphatic carbocycles. The Hall–Kier alpha value is -0.570. The molecule has 0 aromatic carbocycles. The van der Waals surface area contributed by atoms with E-state index in [2.05, 4.69) is 18.7 Å². The average molecular weight is 241 g/mol. The van der Waals surface area contributed by atoms with Gasteiger partial charge in [0.05, 0.1) is 5.92 Å². The Morgan fingerprint density at radius 2 is 1.88 bits per heavy atom. The normalized spacial score (nSPS) is 27.1. The molecule has 3 nitrogen and oxygen atoms in total. The zero-order valence-corrected chi connectivity index (χ0v) is 11.5. The van der Waals surface area contributed by atoms with Gasteiger partial charge < -0.3 is 5.11 Å². The molecule has 0 bridgehead atoms. The lowest BCUT2D eigenvalue weighted by molar-refractivity contribution is -0.142. The SMILES string of the molecule is CCC1CCC(N(CC)CC(C)C(=O)O)CC1. The largest absolute Gasteiger partial charge is 0.481 e. The van der Waals surface area contributed by atoms with Crippen LogP contribution in [0.2, 0.25) is 0 Å². The smallest absolute Gasteiger partial charge is 0.307 e. The van der Waals surface area contributed by atoms with Gasteiger partial charge in [0.25, 0.3) is 0 Å². The number of rotatable bonds is 6. The molecule has 0 saturated heterocycles. The van der Waals surface area contributed by atoms with Crippen molar-refractivity contribution in [2.75, 3.05) is 13.1 Å². The summed E-state index contributed by atoms with van der Waals surface area (Å²) < 4.78 is 0. The van der Waals surface area contributed by atoms with E-state index >= 15 is 0 Å². The molecule has 0 spiro atoms. The van der Waals surface area contributed by atoms with Crippen LogP contribution >= 0.6 is 0 Å². The van der Waals surface area contributed by atoms with Gasteiger partial charge in [0.2, 0.25) is 0 Å². The lowest BCUT2D eigenvalue weighted by atomic mass is 9.83. The van der Waals surface area contributed by atoms with Gasteiger partial charge in [0.15, 0.2) is 0 Å². The molecule has 0 heterocycles. The van der Waals surface area contributed by atoms with Crippen LogP contribution in [-0.2, 0) is 4.79 Å². The lowest BCUT2D eigenvalue weighted by Crippen LogP contribution is -2.41. The topological polar surface area (TPSA) is 40.5 Å². The maximum Gasteiger partial charge on any atom is 0.307 e. The first-order valence-electron chi connectivity index (χ1n) is 7.05. The van der Waals surface area contributed by atoms with Crippen molar-refractivity contribution >= 4 is 5.97 Å². The summed E-state index contributed by atoms with van der Waals surface area (Å²) in [6, 6.07) is 0.615. The molecule has 0 radical (unpaired) electrons. The van der Waals surface area contributed by atoms with Crippen molar-refractivity contribution < 1.29 is 9.90 Å². The average Bonchev–Trinajstić information content (AvgIpc) is 2.35. The summed E-state index contributed by atoms with van der Waals surface area (Å²) in [6.45, 7) is 7.89. The molecular formula is C14H27NO2. The van der Waals surface area contributed by atoms with Gasteiger partial charge >= 0.3 is 5.97 Å². The van der Waals surface area contributed by atoms with Crippen molar-refractivity contribution in [2.24, 2.45) is 11.8 Å². The van der Waals surface area contributed by atoms with Crippen LogP contribution in [0, 0.1) is 11.8 Å². The van der Waals surface area contributed by atoms with E-state index in [9.17, 15) is 4.79 Å². The van der Waals surface area contributed by atoms with Gasteiger partial charge in [-0.15, -0.1) is 0 Å². The third kappa shape index (κ3) is 4.30. The minimum atomic E-state index is -0.675. The maximum atomic E-state index is 10.9. The van der Waals surface area contributed by atoms with Crippen LogP contribution in [0.3, 0.4) is 0 Å². The Morgan fingerprint density at radius 1 is 1.29 bits per heavy atom. The van der Waals surface area contributed by atoms with Gasteiger partial charge in [-0.1, -0.05) is 27.2 Å². The molecule has 1 rings (SSSR count). The van der Waals surface area contributed by atoms with Crippen molar-refractivity contribution in [3.8, 4) is 0 Å². The van der Waals surface area contributed by atoms with E-state index in [4.69, 9.17) is 5.11 Å². The van der Waals surface area contributed by atoms with Gasteiger partial charge in [-0.3, -0.25) is 9.69 Å². The number of nitrogens with zero attached hydrogens (tertiary/aromatic N) is 1. The summed E-state index contributed by atoms with van der Waals surface area (Å²) >= 11 is 0. The third-order valence-electron chi connectivity index (χ3n) is 4.25. The highest BCUT2D eigenvalue weighted by Crippen LogP contribution is 2.29. The van der Waals surface area contributed by atoms with Crippen molar-refractivity contribution in [1.29, 1.82) is 0 Å². The summed E-state index contributed by atoms with van der Waals surface area (Å²) in [6.07, 6.45) is 6.43. The molecule has 1 fully saturated rings. The molecule has 1 aliphatic rings. The van der Waals surface area contributed by atoms with Gasteiger partial charge in [0.1, 0.15) is 0 Å². The molecule has 0 aromatic rings. The van der Waals surface area contributed by atoms with Gasteiger partial charge in [-0.25, -0.2) is 0 Å². The minimum absolute atomic E-state index is 0.251. The lowest BCUT2D eigenvalue weighted by Gasteiger charge is -2.37. The molecule has 3 heteroatoms. The Kier molecular flexibility index (Phi) is 5.96. The fourth-order valence-corrected chi connectivity index (χ4v) is 2.88. The number of carboxylic acids is 1. The van der Waals surface area contributed by atoms with E-state index in [1.165, 1.54) is 32.1 Å². The molecule has 0 amide bonds. The summed E-state index contributed by atoms with van der Waals surface area (Å²) in [5.74, 6) is -0.0219. The standard InChI is InChI=1S/C14H27NO2/c1-4-12-6-8-13(9-7-12)15(5-2)10-11(3)14(16)17/h11-13H,4-10H2,1-3H3,(H,16,17). The van der Waals surface area contributed by atoms with E-state index < -0.39 is 5.97 Å². The molecular weight excluding hydrogens is 214 g/mol. The van der Waals surface area contributed by atoms with Gasteiger partial charge in [-0.2, -0.15) is 0 Å². The quantitative estimate of drug-likeness (QED) is 0.777. The van der Waals surface area contributed by atoms with Crippen LogP contribution in [-0.4, -0.2) is 35.1 Å². The van der Waals surface area contributed by atoms with Crippen LogP contribution in [0.4, 0.5) is 0 Å². The van der Waals surface area contributed by atoms with Crippen LogP contribution in [0.25, 0.3) is 0 Å². The van der Waals surface area contributed by atoms with Crippen LogP contribution in [0.15, 0.2) is 0 Å². The second-order valence-electron chi connectivity index (χ2n) is 5.41. The first-order valence-corrected chi connectivity index (χ1v) is 7.05. The molecule has 1 N–H and O–H groups in total. The molecule has 1 unspecified atom stereocenters. The fourth-order valence-electron chi connectivity index (χ4n) is 2.88. The van der Waals surface area contributed by atoms with Crippen molar-refractivity contribution in [3.05, 3.63) is 0 Å². The third-order valence-corrected chi connectivity index (χ3v) is 4.25. The Bertz CT molecular complexity index is 234. The zero-order chi connectivity index (χ0) is 12.8. The highest BCUT2D eigenvalue weighted by Gasteiger charge is 2.26. The number of aliphatic carboxylic acids is 1. The summed E-state index contributed by atoms with van der Waals surface area (Å²) in [5, 5.41) is 8.98. The van der Waals surface area contributed by atoms with E-state index in [1.54, 1.807) is 0 Å². The Balaban J connectivity index is 2.43. The predicted molar refractivity (Wildman–Crippen MR) is 70.1 cm³/mol. The van der Waals surface area contributed by atoms with Crippen LogP contribution in [0.5, 0.6) is 0 Å². The van der Waals surface area contributed by atoms with Gasteiger partial charge in [0, 0.05) is 12.6 Å². The van der Waals surface area contributed by atoms with E-state index in [0.717, 1.165) is 12.5 Å². The van der Waals surface area contributed by atoms with E-state index in [1.807, 2.05) is 6.92 Å². The first-order chi connectivity index (χ1) is 8.08. The van der Waals surface area contributed by atoms with Crippen LogP contribution in [0.1, 0.15) is 52.9 Å². The summed E-state index contributed by atoms with van der Waals surface area (Å²) in [7, 11) is 0. The monoisotopic (exact) mass is 241 g/mol. The Morgan fingerprint density at radius 3 is 2.29 bits per heavy atom. The maximum absolute atomic E-state index is 10.9. The van der Waals surface area contributed by atoms with Gasteiger partial charge in [-0.05, 0) is 38.1 Å². The van der Waals surface area contributed by atoms with Crippen molar-refractivity contribution in [3.63, 3.8) is 0 Å². The summed E-state index contributed by atoms with van der Waals surface area (Å²) in [5.41, 5.74) is 0. The molecule has 17 heavy (non-hydrogen) atoms. The summed E-state index contributed by atoms with van der Waals surface area (Å²) in [4.78, 5) is 13.3. The number of carbonyl (C=O) groups is 1. The van der Waals surface area contributed by atoms with E-state index in [-0.39, 0.29) is 5.92 Å².